The molecule has 0 saturated carbocycles. The summed E-state index contributed by atoms with van der Waals surface area (Å²) in [5, 5.41) is 0. The van der Waals surface area contributed by atoms with Gasteiger partial charge in [-0.05, 0) is 24.6 Å². The Morgan fingerprint density at radius 1 is 1.59 bits per heavy atom. The lowest BCUT2D eigenvalue weighted by molar-refractivity contribution is -0.0338. The van der Waals surface area contributed by atoms with Crippen LogP contribution < -0.4 is 10.5 Å². The zero-order valence-corrected chi connectivity index (χ0v) is 10.2. The molecule has 1 aromatic carbocycles. The van der Waals surface area contributed by atoms with E-state index in [4.69, 9.17) is 15.2 Å². The van der Waals surface area contributed by atoms with Crippen molar-refractivity contribution >= 4 is 0 Å². The summed E-state index contributed by atoms with van der Waals surface area (Å²) in [5.74, 6) is 0.391. The number of rotatable bonds is 3. The van der Waals surface area contributed by atoms with Crippen molar-refractivity contribution in [1.82, 2.24) is 0 Å². The molecule has 1 heterocycles. The molecular weight excluding hydrogens is 221 g/mol. The third-order valence-electron chi connectivity index (χ3n) is 3.34. The minimum atomic E-state index is -0.390. The summed E-state index contributed by atoms with van der Waals surface area (Å²) in [5.41, 5.74) is 6.45. The third-order valence-corrected chi connectivity index (χ3v) is 3.34. The third kappa shape index (κ3) is 2.28. The summed E-state index contributed by atoms with van der Waals surface area (Å²) in [7, 11) is 1.65. The van der Waals surface area contributed by atoms with Crippen LogP contribution in [-0.2, 0) is 4.74 Å². The van der Waals surface area contributed by atoms with Crippen LogP contribution in [0.25, 0.3) is 0 Å². The molecule has 1 unspecified atom stereocenters. The quantitative estimate of drug-likeness (QED) is 0.881. The molecule has 1 aromatic rings. The highest BCUT2D eigenvalue weighted by atomic mass is 19.1. The van der Waals surface area contributed by atoms with Crippen molar-refractivity contribution < 1.29 is 13.9 Å². The van der Waals surface area contributed by atoms with Crippen molar-refractivity contribution in [3.05, 3.63) is 29.6 Å². The van der Waals surface area contributed by atoms with Crippen LogP contribution in [0, 0.1) is 5.82 Å². The molecule has 0 aromatic heterocycles. The maximum atomic E-state index is 13.2. The van der Waals surface area contributed by atoms with Gasteiger partial charge in [0.05, 0.1) is 6.61 Å². The van der Waals surface area contributed by atoms with Crippen LogP contribution >= 0.6 is 0 Å². The Morgan fingerprint density at radius 3 is 3.00 bits per heavy atom. The minimum Gasteiger partial charge on any atom is -0.484 e. The van der Waals surface area contributed by atoms with Crippen LogP contribution in [0.5, 0.6) is 5.75 Å². The Balaban J connectivity index is 2.35. The summed E-state index contributed by atoms with van der Waals surface area (Å²) in [6.45, 7) is 2.54. The van der Waals surface area contributed by atoms with Gasteiger partial charge in [-0.25, -0.2) is 4.39 Å². The van der Waals surface area contributed by atoms with Gasteiger partial charge >= 0.3 is 0 Å². The smallest absolute Gasteiger partial charge is 0.134 e. The molecule has 2 rings (SSSR count). The Morgan fingerprint density at radius 2 is 2.35 bits per heavy atom. The molecule has 2 N–H and O–H groups in total. The summed E-state index contributed by atoms with van der Waals surface area (Å²) < 4.78 is 24.3. The molecule has 0 bridgehead atoms. The summed E-state index contributed by atoms with van der Waals surface area (Å²) in [4.78, 5) is 0. The number of nitrogens with two attached hydrogens (primary N) is 1. The Kier molecular flexibility index (Phi) is 3.35. The number of methoxy groups -OCH3 is 1. The Hall–Kier alpha value is -1.13. The van der Waals surface area contributed by atoms with E-state index in [-0.39, 0.29) is 17.5 Å². The molecule has 0 saturated heterocycles. The van der Waals surface area contributed by atoms with Crippen molar-refractivity contribution in [3.63, 3.8) is 0 Å². The number of ether oxygens (including phenoxy) is 2. The van der Waals surface area contributed by atoms with E-state index in [0.29, 0.717) is 18.8 Å². The number of hydrogen-bond acceptors (Lipinski definition) is 3. The monoisotopic (exact) mass is 239 g/mol. The lowest BCUT2D eigenvalue weighted by Crippen LogP contribution is -2.46. The van der Waals surface area contributed by atoms with Crippen molar-refractivity contribution in [2.75, 3.05) is 13.7 Å². The number of halogens is 1. The van der Waals surface area contributed by atoms with Gasteiger partial charge < -0.3 is 15.2 Å². The van der Waals surface area contributed by atoms with E-state index >= 15 is 0 Å². The van der Waals surface area contributed by atoms with Gasteiger partial charge in [0.15, 0.2) is 0 Å². The molecule has 1 aliphatic rings. The predicted octanol–water partition coefficient (Wildman–Crippen LogP) is 2.40. The molecule has 0 spiro atoms. The second-order valence-corrected chi connectivity index (χ2v) is 4.56. The van der Waals surface area contributed by atoms with Crippen LogP contribution in [0.2, 0.25) is 0 Å². The summed E-state index contributed by atoms with van der Waals surface area (Å²) in [6.07, 6.45) is 1.46. The van der Waals surface area contributed by atoms with Gasteiger partial charge in [0.25, 0.3) is 0 Å². The molecule has 2 atom stereocenters. The SMILES string of the molecule is CCC1(COC)C[C@@H](N)c2cc(F)ccc2O1. The minimum absolute atomic E-state index is 0.204. The topological polar surface area (TPSA) is 44.5 Å². The van der Waals surface area contributed by atoms with Gasteiger partial charge in [-0.2, -0.15) is 0 Å². The van der Waals surface area contributed by atoms with Crippen molar-refractivity contribution in [2.45, 2.75) is 31.4 Å². The van der Waals surface area contributed by atoms with E-state index in [1.54, 1.807) is 13.2 Å². The Labute approximate surface area is 101 Å². The van der Waals surface area contributed by atoms with Gasteiger partial charge in [0.1, 0.15) is 17.2 Å². The normalized spacial score (nSPS) is 27.4. The number of fused-ring (bicyclic) bond motifs is 1. The molecule has 3 nitrogen and oxygen atoms in total. The van der Waals surface area contributed by atoms with Crippen LogP contribution in [0.1, 0.15) is 31.4 Å². The molecule has 17 heavy (non-hydrogen) atoms. The number of hydrogen-bond donors (Lipinski definition) is 1. The van der Waals surface area contributed by atoms with E-state index < -0.39 is 0 Å². The molecule has 94 valence electrons. The number of benzene rings is 1. The first-order valence-corrected chi connectivity index (χ1v) is 5.83. The average Bonchev–Trinajstić information content (AvgIpc) is 2.31. The highest BCUT2D eigenvalue weighted by Gasteiger charge is 2.38. The van der Waals surface area contributed by atoms with Gasteiger partial charge in [0.2, 0.25) is 0 Å². The van der Waals surface area contributed by atoms with Crippen LogP contribution in [0.15, 0.2) is 18.2 Å². The molecule has 0 radical (unpaired) electrons. The van der Waals surface area contributed by atoms with E-state index in [0.717, 1.165) is 12.0 Å². The van der Waals surface area contributed by atoms with Crippen molar-refractivity contribution in [2.24, 2.45) is 5.73 Å². The fourth-order valence-electron chi connectivity index (χ4n) is 2.36. The lowest BCUT2D eigenvalue weighted by Gasteiger charge is -2.40. The summed E-state index contributed by atoms with van der Waals surface area (Å²) in [6, 6.07) is 4.28. The maximum Gasteiger partial charge on any atom is 0.134 e. The largest absolute Gasteiger partial charge is 0.484 e. The fourth-order valence-corrected chi connectivity index (χ4v) is 2.36. The van der Waals surface area contributed by atoms with E-state index in [9.17, 15) is 4.39 Å². The van der Waals surface area contributed by atoms with E-state index in [2.05, 4.69) is 0 Å². The maximum absolute atomic E-state index is 13.2. The average molecular weight is 239 g/mol. The van der Waals surface area contributed by atoms with Crippen LogP contribution in [0.3, 0.4) is 0 Å². The molecule has 4 heteroatoms. The molecular formula is C13H18FNO2. The molecule has 0 fully saturated rings. The van der Waals surface area contributed by atoms with E-state index in [1.165, 1.54) is 12.1 Å². The Bertz CT molecular complexity index is 410. The highest BCUT2D eigenvalue weighted by molar-refractivity contribution is 5.39. The van der Waals surface area contributed by atoms with Crippen LogP contribution in [0.4, 0.5) is 4.39 Å². The van der Waals surface area contributed by atoms with Gasteiger partial charge in [0, 0.05) is 25.1 Å². The lowest BCUT2D eigenvalue weighted by atomic mass is 9.86. The zero-order valence-electron chi connectivity index (χ0n) is 10.2. The molecule has 1 aliphatic heterocycles. The second-order valence-electron chi connectivity index (χ2n) is 4.56. The first kappa shape index (κ1) is 12.3. The van der Waals surface area contributed by atoms with Crippen molar-refractivity contribution in [3.8, 4) is 5.75 Å². The molecule has 0 amide bonds. The zero-order chi connectivity index (χ0) is 12.5. The van der Waals surface area contributed by atoms with Crippen molar-refractivity contribution in [1.29, 1.82) is 0 Å². The summed E-state index contributed by atoms with van der Waals surface area (Å²) >= 11 is 0. The van der Waals surface area contributed by atoms with Crippen LogP contribution in [-0.4, -0.2) is 19.3 Å². The fraction of sp³-hybridized carbons (Fsp3) is 0.538. The first-order chi connectivity index (χ1) is 8.10. The first-order valence-electron chi connectivity index (χ1n) is 5.83. The van der Waals surface area contributed by atoms with Gasteiger partial charge in [-0.15, -0.1) is 0 Å². The standard InChI is InChI=1S/C13H18FNO2/c1-3-13(8-16-2)7-11(15)10-6-9(14)4-5-12(10)17-13/h4-6,11H,3,7-8,15H2,1-2H3/t11-,13?/m1/s1. The second kappa shape index (κ2) is 4.63. The molecule has 0 aliphatic carbocycles. The van der Waals surface area contributed by atoms with Gasteiger partial charge in [-0.3, -0.25) is 0 Å². The highest BCUT2D eigenvalue weighted by Crippen LogP contribution is 2.40. The predicted molar refractivity (Wildman–Crippen MR) is 63.5 cm³/mol. The van der Waals surface area contributed by atoms with E-state index in [1.807, 2.05) is 6.92 Å². The van der Waals surface area contributed by atoms with Gasteiger partial charge in [-0.1, -0.05) is 6.92 Å².